The Morgan fingerprint density at radius 2 is 2.00 bits per heavy atom. The summed E-state index contributed by atoms with van der Waals surface area (Å²) < 4.78 is 1.50. The van der Waals surface area contributed by atoms with Gasteiger partial charge in [0.25, 0.3) is 5.56 Å². The molecule has 102 valence electrons. The van der Waals surface area contributed by atoms with Gasteiger partial charge in [0.1, 0.15) is 22.6 Å². The van der Waals surface area contributed by atoms with Gasteiger partial charge in [0, 0.05) is 6.20 Å². The molecule has 0 bridgehead atoms. The van der Waals surface area contributed by atoms with Crippen LogP contribution in [-0.2, 0) is 0 Å². The van der Waals surface area contributed by atoms with Crippen LogP contribution in [0.15, 0.2) is 23.1 Å². The molecule has 0 aliphatic rings. The van der Waals surface area contributed by atoms with Crippen LogP contribution in [0.2, 0.25) is 0 Å². The zero-order chi connectivity index (χ0) is 14.4. The Hall–Kier alpha value is -2.63. The molecule has 0 saturated heterocycles. The van der Waals surface area contributed by atoms with Crippen molar-refractivity contribution >= 4 is 11.0 Å². The average Bonchev–Trinajstić information content (AvgIpc) is 2.71. The highest BCUT2D eigenvalue weighted by Gasteiger charge is 2.13. The number of aromatic hydroxyl groups is 1. The van der Waals surface area contributed by atoms with Gasteiger partial charge < -0.3 is 10.1 Å². The van der Waals surface area contributed by atoms with Gasteiger partial charge in [-0.3, -0.25) is 4.79 Å². The molecule has 0 aliphatic carbocycles. The Kier molecular flexibility index (Phi) is 2.60. The van der Waals surface area contributed by atoms with Crippen LogP contribution >= 0.6 is 0 Å². The number of hydrogen-bond donors (Lipinski definition) is 2. The fraction of sp³-hybridized carbons (Fsp3) is 0.214. The van der Waals surface area contributed by atoms with Crippen LogP contribution in [0, 0.1) is 20.8 Å². The van der Waals surface area contributed by atoms with Gasteiger partial charge in [0.15, 0.2) is 5.65 Å². The van der Waals surface area contributed by atoms with E-state index in [2.05, 4.69) is 15.1 Å². The predicted molar refractivity (Wildman–Crippen MR) is 75.4 cm³/mol. The highest BCUT2D eigenvalue weighted by Crippen LogP contribution is 2.27. The summed E-state index contributed by atoms with van der Waals surface area (Å²) in [5.74, 6) is 0.640. The lowest BCUT2D eigenvalue weighted by Crippen LogP contribution is -2.08. The summed E-state index contributed by atoms with van der Waals surface area (Å²) in [6.45, 7) is 5.50. The molecule has 0 radical (unpaired) electrons. The smallest absolute Gasteiger partial charge is 0.262 e. The Bertz CT molecular complexity index is 853. The lowest BCUT2D eigenvalue weighted by Gasteiger charge is -2.09. The van der Waals surface area contributed by atoms with E-state index in [0.717, 1.165) is 11.1 Å². The van der Waals surface area contributed by atoms with Crippen molar-refractivity contribution < 1.29 is 5.11 Å². The van der Waals surface area contributed by atoms with Crippen molar-refractivity contribution in [1.82, 2.24) is 19.7 Å². The van der Waals surface area contributed by atoms with Crippen molar-refractivity contribution in [2.45, 2.75) is 20.8 Å². The second-order valence-corrected chi connectivity index (χ2v) is 4.91. The molecule has 6 heteroatoms. The molecule has 0 fully saturated rings. The fourth-order valence-corrected chi connectivity index (χ4v) is 2.38. The number of benzene rings is 1. The Morgan fingerprint density at radius 1 is 1.25 bits per heavy atom. The molecule has 0 saturated carbocycles. The third kappa shape index (κ3) is 1.85. The Balaban J connectivity index is 2.31. The lowest BCUT2D eigenvalue weighted by molar-refractivity contribution is 0.469. The molecule has 2 aromatic heterocycles. The number of fused-ring (bicyclic) bond motifs is 1. The number of phenols is 1. The minimum Gasteiger partial charge on any atom is -0.506 e. The first-order valence-electron chi connectivity index (χ1n) is 6.22. The largest absolute Gasteiger partial charge is 0.506 e. The van der Waals surface area contributed by atoms with Crippen molar-refractivity contribution in [3.8, 4) is 11.4 Å². The van der Waals surface area contributed by atoms with Gasteiger partial charge >= 0.3 is 0 Å². The Labute approximate surface area is 114 Å². The van der Waals surface area contributed by atoms with Crippen molar-refractivity contribution in [3.63, 3.8) is 0 Å². The maximum Gasteiger partial charge on any atom is 0.262 e. The summed E-state index contributed by atoms with van der Waals surface area (Å²) >= 11 is 0. The molecule has 2 heterocycles. The summed E-state index contributed by atoms with van der Waals surface area (Å²) in [5.41, 5.74) is 2.54. The maximum atomic E-state index is 11.9. The molecular weight excluding hydrogens is 256 g/mol. The van der Waals surface area contributed by atoms with Crippen LogP contribution in [0.4, 0.5) is 0 Å². The first kappa shape index (κ1) is 12.4. The van der Waals surface area contributed by atoms with Crippen LogP contribution in [0.25, 0.3) is 16.7 Å². The van der Waals surface area contributed by atoms with E-state index >= 15 is 0 Å². The lowest BCUT2D eigenvalue weighted by atomic mass is 10.1. The fourth-order valence-electron chi connectivity index (χ4n) is 2.38. The van der Waals surface area contributed by atoms with Gasteiger partial charge in [-0.1, -0.05) is 6.07 Å². The standard InChI is InChI=1S/C14H14N4O2/c1-7-4-8(2)12(11(19)5-7)18-6-10-13(17-18)15-9(3)16-14(10)20/h4-6,19H,1-3H3,(H,15,16,17,20). The zero-order valence-corrected chi connectivity index (χ0v) is 11.4. The van der Waals surface area contributed by atoms with Crippen LogP contribution in [0.5, 0.6) is 5.75 Å². The van der Waals surface area contributed by atoms with E-state index in [0.29, 0.717) is 22.5 Å². The van der Waals surface area contributed by atoms with Gasteiger partial charge in [-0.15, -0.1) is 5.10 Å². The summed E-state index contributed by atoms with van der Waals surface area (Å²) in [4.78, 5) is 18.7. The quantitative estimate of drug-likeness (QED) is 0.705. The van der Waals surface area contributed by atoms with E-state index in [1.807, 2.05) is 19.9 Å². The van der Waals surface area contributed by atoms with Gasteiger partial charge in [-0.25, -0.2) is 9.67 Å². The van der Waals surface area contributed by atoms with Crippen LogP contribution in [0.1, 0.15) is 17.0 Å². The van der Waals surface area contributed by atoms with Crippen LogP contribution in [0.3, 0.4) is 0 Å². The van der Waals surface area contributed by atoms with E-state index in [-0.39, 0.29) is 11.3 Å². The molecule has 3 rings (SSSR count). The highest BCUT2D eigenvalue weighted by molar-refractivity contribution is 5.73. The molecule has 20 heavy (non-hydrogen) atoms. The SMILES string of the molecule is Cc1cc(C)c(-n2cc3c(=O)[nH]c(C)nc3n2)c(O)c1. The summed E-state index contributed by atoms with van der Waals surface area (Å²) in [6.07, 6.45) is 1.58. The van der Waals surface area contributed by atoms with Crippen molar-refractivity contribution in [2.75, 3.05) is 0 Å². The van der Waals surface area contributed by atoms with Gasteiger partial charge in [0.05, 0.1) is 0 Å². The third-order valence-corrected chi connectivity index (χ3v) is 3.16. The monoisotopic (exact) mass is 270 g/mol. The molecule has 6 nitrogen and oxygen atoms in total. The molecule has 2 N–H and O–H groups in total. The van der Waals surface area contributed by atoms with Crippen LogP contribution < -0.4 is 5.56 Å². The second kappa shape index (κ2) is 4.19. The number of phenolic OH excluding ortho intramolecular Hbond substituents is 1. The number of aryl methyl sites for hydroxylation is 3. The third-order valence-electron chi connectivity index (χ3n) is 3.16. The Morgan fingerprint density at radius 3 is 2.70 bits per heavy atom. The topological polar surface area (TPSA) is 83.8 Å². The molecule has 0 unspecified atom stereocenters. The molecular formula is C14H14N4O2. The van der Waals surface area contributed by atoms with Gasteiger partial charge in [0.2, 0.25) is 0 Å². The number of nitrogens with one attached hydrogen (secondary N) is 1. The number of aromatic amines is 1. The molecule has 0 amide bonds. The molecule has 0 aliphatic heterocycles. The highest BCUT2D eigenvalue weighted by atomic mass is 16.3. The summed E-state index contributed by atoms with van der Waals surface area (Å²) in [6, 6.07) is 3.61. The van der Waals surface area contributed by atoms with Crippen molar-refractivity contribution in [2.24, 2.45) is 0 Å². The van der Waals surface area contributed by atoms with Gasteiger partial charge in [-0.2, -0.15) is 0 Å². The van der Waals surface area contributed by atoms with Crippen molar-refractivity contribution in [3.05, 3.63) is 45.6 Å². The number of nitrogens with zero attached hydrogens (tertiary/aromatic N) is 3. The normalized spacial score (nSPS) is 11.2. The van der Waals surface area contributed by atoms with Crippen LogP contribution in [-0.4, -0.2) is 24.9 Å². The van der Waals surface area contributed by atoms with E-state index in [1.54, 1.807) is 19.2 Å². The minimum absolute atomic E-state index is 0.128. The number of hydrogen-bond acceptors (Lipinski definition) is 4. The van der Waals surface area contributed by atoms with E-state index in [4.69, 9.17) is 0 Å². The van der Waals surface area contributed by atoms with Crippen molar-refractivity contribution in [1.29, 1.82) is 0 Å². The second-order valence-electron chi connectivity index (χ2n) is 4.91. The average molecular weight is 270 g/mol. The summed E-state index contributed by atoms with van der Waals surface area (Å²) in [5, 5.41) is 14.8. The number of aromatic nitrogens is 4. The van der Waals surface area contributed by atoms with E-state index < -0.39 is 0 Å². The first-order valence-corrected chi connectivity index (χ1v) is 6.22. The van der Waals surface area contributed by atoms with Gasteiger partial charge in [-0.05, 0) is 38.0 Å². The molecule has 0 spiro atoms. The molecule has 1 aromatic carbocycles. The first-order chi connectivity index (χ1) is 9.45. The zero-order valence-electron chi connectivity index (χ0n) is 11.4. The minimum atomic E-state index is -0.233. The van der Waals surface area contributed by atoms with E-state index in [9.17, 15) is 9.90 Å². The number of rotatable bonds is 1. The summed E-state index contributed by atoms with van der Waals surface area (Å²) in [7, 11) is 0. The molecule has 0 atom stereocenters. The predicted octanol–water partition coefficient (Wildman–Crippen LogP) is 1.74. The molecule has 3 aromatic rings. The maximum absolute atomic E-state index is 11.9. The van der Waals surface area contributed by atoms with E-state index in [1.165, 1.54) is 4.68 Å². The number of H-pyrrole nitrogens is 1.